The summed E-state index contributed by atoms with van der Waals surface area (Å²) >= 11 is 0. The van der Waals surface area contributed by atoms with Gasteiger partial charge in [0, 0.05) is 25.0 Å². The van der Waals surface area contributed by atoms with Gasteiger partial charge in [0.25, 0.3) is 5.79 Å². The Morgan fingerprint density at radius 2 is 1.21 bits per heavy atom. The molecule has 0 radical (unpaired) electrons. The number of ether oxygens (including phenoxy) is 2. The molecule has 1 saturated carbocycles. The molecule has 0 spiro atoms. The molecule has 128 valence electrons. The van der Waals surface area contributed by atoms with E-state index < -0.39 is 5.79 Å². The third-order valence-corrected chi connectivity index (χ3v) is 4.23. The van der Waals surface area contributed by atoms with Crippen molar-refractivity contribution in [2.75, 3.05) is 11.5 Å². The summed E-state index contributed by atoms with van der Waals surface area (Å²) < 4.78 is 12.2. The molecule has 2 aromatic carbocycles. The number of aromatic hydroxyl groups is 2. The summed E-state index contributed by atoms with van der Waals surface area (Å²) in [6, 6.07) is 9.56. The van der Waals surface area contributed by atoms with Crippen LogP contribution in [0.4, 0.5) is 11.4 Å². The van der Waals surface area contributed by atoms with Gasteiger partial charge in [-0.05, 0) is 37.1 Å². The minimum atomic E-state index is -0.844. The summed E-state index contributed by atoms with van der Waals surface area (Å²) in [4.78, 5) is 0. The Bertz CT molecular complexity index is 671. The third kappa shape index (κ3) is 3.42. The number of hydrogen-bond acceptors (Lipinski definition) is 6. The van der Waals surface area contributed by atoms with Crippen LogP contribution in [0.3, 0.4) is 0 Å². The van der Waals surface area contributed by atoms with Gasteiger partial charge in [0.05, 0.1) is 11.4 Å². The Morgan fingerprint density at radius 1 is 0.750 bits per heavy atom. The Labute approximate surface area is 140 Å². The summed E-state index contributed by atoms with van der Waals surface area (Å²) in [5.74, 6) is 0.0855. The van der Waals surface area contributed by atoms with Crippen molar-refractivity contribution < 1.29 is 19.7 Å². The maximum Gasteiger partial charge on any atom is 0.251 e. The van der Waals surface area contributed by atoms with Gasteiger partial charge in [0.2, 0.25) is 0 Å². The van der Waals surface area contributed by atoms with Gasteiger partial charge in [-0.1, -0.05) is 6.42 Å². The van der Waals surface area contributed by atoms with Crippen molar-refractivity contribution in [3.63, 3.8) is 0 Å². The van der Waals surface area contributed by atoms with E-state index in [9.17, 15) is 10.2 Å². The summed E-state index contributed by atoms with van der Waals surface area (Å²) in [6.07, 6.45) is 4.49. The second-order valence-electron chi connectivity index (χ2n) is 6.12. The fourth-order valence-corrected chi connectivity index (χ4v) is 2.92. The van der Waals surface area contributed by atoms with Crippen LogP contribution in [-0.2, 0) is 0 Å². The predicted molar refractivity (Wildman–Crippen MR) is 92.1 cm³/mol. The van der Waals surface area contributed by atoms with Gasteiger partial charge < -0.3 is 31.2 Å². The molecule has 0 aromatic heterocycles. The van der Waals surface area contributed by atoms with Crippen LogP contribution in [0.5, 0.6) is 23.0 Å². The number of phenolic OH excluding ortho intramolecular Hbond substituents is 2. The number of benzene rings is 2. The van der Waals surface area contributed by atoms with Gasteiger partial charge in [-0.15, -0.1) is 0 Å². The van der Waals surface area contributed by atoms with E-state index in [1.165, 1.54) is 12.1 Å². The highest BCUT2D eigenvalue weighted by Crippen LogP contribution is 2.38. The Balaban J connectivity index is 1.86. The van der Waals surface area contributed by atoms with Gasteiger partial charge in [0.15, 0.2) is 0 Å². The van der Waals surface area contributed by atoms with Gasteiger partial charge in [-0.2, -0.15) is 0 Å². The first kappa shape index (κ1) is 16.1. The van der Waals surface area contributed by atoms with E-state index in [-0.39, 0.29) is 11.5 Å². The standard InChI is InChI=1S/C18H22N2O4/c19-14-6-4-12(10-16(14)21)23-18(8-2-1-3-9-18)24-13-5-7-15(20)17(22)11-13/h4-7,10-11,21-22H,1-3,8-9,19-20H2. The molecular formula is C18H22N2O4. The maximum atomic E-state index is 9.78. The quantitative estimate of drug-likeness (QED) is 0.388. The van der Waals surface area contributed by atoms with E-state index in [1.54, 1.807) is 24.3 Å². The monoisotopic (exact) mass is 330 g/mol. The van der Waals surface area contributed by atoms with Crippen molar-refractivity contribution in [1.82, 2.24) is 0 Å². The van der Waals surface area contributed by atoms with Gasteiger partial charge in [-0.25, -0.2) is 0 Å². The molecule has 0 atom stereocenters. The van der Waals surface area contributed by atoms with Gasteiger partial charge >= 0.3 is 0 Å². The molecule has 6 heteroatoms. The molecule has 2 aromatic rings. The minimum Gasteiger partial charge on any atom is -0.506 e. The SMILES string of the molecule is Nc1ccc(OC2(Oc3ccc(N)c(O)c3)CCCCC2)cc1O. The lowest BCUT2D eigenvalue weighted by Gasteiger charge is -2.37. The van der Waals surface area contributed by atoms with Crippen LogP contribution in [0.2, 0.25) is 0 Å². The van der Waals surface area contributed by atoms with Crippen LogP contribution in [-0.4, -0.2) is 16.0 Å². The van der Waals surface area contributed by atoms with E-state index in [0.29, 0.717) is 35.7 Å². The highest BCUT2D eigenvalue weighted by molar-refractivity contribution is 5.55. The fraction of sp³-hybridized carbons (Fsp3) is 0.333. The Kier molecular flexibility index (Phi) is 4.29. The lowest BCUT2D eigenvalue weighted by atomic mass is 9.94. The van der Waals surface area contributed by atoms with Crippen LogP contribution in [0, 0.1) is 0 Å². The first-order valence-electron chi connectivity index (χ1n) is 8.02. The van der Waals surface area contributed by atoms with Crippen molar-refractivity contribution in [1.29, 1.82) is 0 Å². The number of rotatable bonds is 4. The lowest BCUT2D eigenvalue weighted by Crippen LogP contribution is -2.44. The molecule has 6 nitrogen and oxygen atoms in total. The minimum absolute atomic E-state index is 0.0245. The van der Waals surface area contributed by atoms with Gasteiger partial charge in [-0.3, -0.25) is 0 Å². The normalized spacial score (nSPS) is 16.5. The molecule has 0 aliphatic heterocycles. The average molecular weight is 330 g/mol. The zero-order valence-electron chi connectivity index (χ0n) is 13.4. The molecule has 0 bridgehead atoms. The molecule has 3 rings (SSSR count). The summed E-state index contributed by atoms with van der Waals surface area (Å²) in [5, 5.41) is 19.6. The molecular weight excluding hydrogens is 308 g/mol. The molecule has 0 saturated heterocycles. The molecule has 0 unspecified atom stereocenters. The van der Waals surface area contributed by atoms with Crippen molar-refractivity contribution in [2.24, 2.45) is 0 Å². The van der Waals surface area contributed by atoms with Crippen molar-refractivity contribution in [2.45, 2.75) is 37.9 Å². The van der Waals surface area contributed by atoms with Crippen LogP contribution in [0.1, 0.15) is 32.1 Å². The molecule has 1 aliphatic carbocycles. The number of nitrogen functional groups attached to an aromatic ring is 2. The fourth-order valence-electron chi connectivity index (χ4n) is 2.92. The predicted octanol–water partition coefficient (Wildman–Crippen LogP) is 3.38. The lowest BCUT2D eigenvalue weighted by molar-refractivity contribution is -0.137. The first-order valence-corrected chi connectivity index (χ1v) is 8.02. The molecule has 0 heterocycles. The Morgan fingerprint density at radius 3 is 1.62 bits per heavy atom. The average Bonchev–Trinajstić information content (AvgIpc) is 2.55. The summed E-state index contributed by atoms with van der Waals surface area (Å²) in [7, 11) is 0. The number of hydrogen-bond donors (Lipinski definition) is 4. The largest absolute Gasteiger partial charge is 0.506 e. The first-order chi connectivity index (χ1) is 11.5. The number of anilines is 2. The zero-order valence-corrected chi connectivity index (χ0v) is 13.4. The van der Waals surface area contributed by atoms with Crippen LogP contribution in [0.25, 0.3) is 0 Å². The van der Waals surface area contributed by atoms with E-state index in [2.05, 4.69) is 0 Å². The molecule has 0 amide bonds. The molecule has 1 aliphatic rings. The summed E-state index contributed by atoms with van der Waals surface area (Å²) in [6.45, 7) is 0. The molecule has 24 heavy (non-hydrogen) atoms. The molecule has 6 N–H and O–H groups in total. The topological polar surface area (TPSA) is 111 Å². The zero-order chi connectivity index (χ0) is 17.2. The third-order valence-electron chi connectivity index (χ3n) is 4.23. The van der Waals surface area contributed by atoms with E-state index in [0.717, 1.165) is 19.3 Å². The number of phenols is 2. The highest BCUT2D eigenvalue weighted by Gasteiger charge is 2.37. The highest BCUT2D eigenvalue weighted by atomic mass is 16.7. The van der Waals surface area contributed by atoms with Gasteiger partial charge in [0.1, 0.15) is 23.0 Å². The van der Waals surface area contributed by atoms with Crippen molar-refractivity contribution in [3.8, 4) is 23.0 Å². The van der Waals surface area contributed by atoms with Crippen LogP contribution in [0.15, 0.2) is 36.4 Å². The van der Waals surface area contributed by atoms with Crippen LogP contribution < -0.4 is 20.9 Å². The smallest absolute Gasteiger partial charge is 0.251 e. The van der Waals surface area contributed by atoms with E-state index in [1.807, 2.05) is 0 Å². The summed E-state index contributed by atoms with van der Waals surface area (Å²) in [5.41, 5.74) is 11.9. The van der Waals surface area contributed by atoms with Crippen LogP contribution >= 0.6 is 0 Å². The van der Waals surface area contributed by atoms with E-state index in [4.69, 9.17) is 20.9 Å². The van der Waals surface area contributed by atoms with Crippen molar-refractivity contribution >= 4 is 11.4 Å². The second-order valence-corrected chi connectivity index (χ2v) is 6.12. The maximum absolute atomic E-state index is 9.78. The molecule has 1 fully saturated rings. The Hall–Kier alpha value is -2.76. The van der Waals surface area contributed by atoms with E-state index >= 15 is 0 Å². The number of nitrogens with two attached hydrogens (primary N) is 2. The van der Waals surface area contributed by atoms with Crippen molar-refractivity contribution in [3.05, 3.63) is 36.4 Å². The second kappa shape index (κ2) is 6.39.